The Balaban J connectivity index is 1.79. The van der Waals surface area contributed by atoms with Crippen LogP contribution in [-0.4, -0.2) is 19.0 Å². The molecule has 0 saturated heterocycles. The first kappa shape index (κ1) is 21.0. The van der Waals surface area contributed by atoms with Crippen LogP contribution in [0.5, 0.6) is 0 Å². The molecular weight excluding hydrogens is 427 g/mol. The molecule has 3 aromatic carbocycles. The van der Waals surface area contributed by atoms with Gasteiger partial charge in [0.2, 0.25) is 0 Å². The van der Waals surface area contributed by atoms with Gasteiger partial charge in [-0.1, -0.05) is 36.0 Å². The van der Waals surface area contributed by atoms with E-state index in [1.54, 1.807) is 30.3 Å². The number of alkyl halides is 3. The van der Waals surface area contributed by atoms with Crippen LogP contribution in [-0.2, 0) is 17.5 Å². The van der Waals surface area contributed by atoms with Crippen LogP contribution in [0, 0.1) is 0 Å². The number of nitrogens with zero attached hydrogens (tertiary/aromatic N) is 1. The van der Waals surface area contributed by atoms with Crippen LogP contribution in [0.1, 0.15) is 31.8 Å². The van der Waals surface area contributed by atoms with Gasteiger partial charge in [-0.05, 0) is 48.0 Å². The van der Waals surface area contributed by atoms with E-state index in [0.29, 0.717) is 16.8 Å². The number of rotatable bonds is 3. The molecule has 4 nitrogen and oxygen atoms in total. The van der Waals surface area contributed by atoms with Crippen molar-refractivity contribution in [3.63, 3.8) is 0 Å². The predicted octanol–water partition coefficient (Wildman–Crippen LogP) is 5.80. The Kier molecular flexibility index (Phi) is 5.49. The summed E-state index contributed by atoms with van der Waals surface area (Å²) in [6.07, 6.45) is -4.44. The molecule has 1 aliphatic rings. The van der Waals surface area contributed by atoms with Crippen LogP contribution < -0.4 is 4.90 Å². The molecule has 0 spiro atoms. The second kappa shape index (κ2) is 8.11. The number of hydrogen-bond acceptors (Lipinski definition) is 4. The third kappa shape index (κ3) is 4.16. The number of hydrogen-bond donors (Lipinski definition) is 0. The second-order valence-corrected chi connectivity index (χ2v) is 7.94. The van der Waals surface area contributed by atoms with Gasteiger partial charge in [0.25, 0.3) is 5.91 Å². The minimum Gasteiger partial charge on any atom is -0.465 e. The first-order valence-corrected chi connectivity index (χ1v) is 10.1. The topological polar surface area (TPSA) is 46.6 Å². The van der Waals surface area contributed by atoms with E-state index in [2.05, 4.69) is 0 Å². The maximum atomic E-state index is 13.4. The van der Waals surface area contributed by atoms with Crippen molar-refractivity contribution in [2.45, 2.75) is 22.5 Å². The van der Waals surface area contributed by atoms with Crippen LogP contribution in [0.25, 0.3) is 0 Å². The number of methoxy groups -OCH3 is 1. The number of esters is 1. The van der Waals surface area contributed by atoms with Crippen molar-refractivity contribution in [3.8, 4) is 0 Å². The quantitative estimate of drug-likeness (QED) is 0.480. The van der Waals surface area contributed by atoms with Crippen LogP contribution in [0.3, 0.4) is 0 Å². The number of fused-ring (bicyclic) bond motifs is 2. The van der Waals surface area contributed by atoms with Crippen LogP contribution >= 0.6 is 11.8 Å². The van der Waals surface area contributed by atoms with Gasteiger partial charge in [-0.15, -0.1) is 0 Å². The highest BCUT2D eigenvalue weighted by atomic mass is 32.2. The molecule has 4 rings (SSSR count). The SMILES string of the molecule is COC(=O)c1ccc2c(c1)N(Cc1ccc(C(F)(F)F)cc1)C(=O)c1ccccc1S2. The summed E-state index contributed by atoms with van der Waals surface area (Å²) < 4.78 is 43.5. The highest BCUT2D eigenvalue weighted by Gasteiger charge is 2.31. The van der Waals surface area contributed by atoms with E-state index >= 15 is 0 Å². The first-order chi connectivity index (χ1) is 14.8. The number of carbonyl (C=O) groups excluding carboxylic acids is 2. The summed E-state index contributed by atoms with van der Waals surface area (Å²) in [6, 6.07) is 16.7. The molecule has 8 heteroatoms. The number of anilines is 1. The molecule has 1 amide bonds. The van der Waals surface area contributed by atoms with E-state index in [-0.39, 0.29) is 18.0 Å². The van der Waals surface area contributed by atoms with Crippen LogP contribution in [0.4, 0.5) is 18.9 Å². The van der Waals surface area contributed by atoms with Gasteiger partial charge in [0.1, 0.15) is 0 Å². The smallest absolute Gasteiger partial charge is 0.416 e. The number of halogens is 3. The lowest BCUT2D eigenvalue weighted by Gasteiger charge is -2.24. The molecule has 3 aromatic rings. The van der Waals surface area contributed by atoms with E-state index in [9.17, 15) is 22.8 Å². The average molecular weight is 443 g/mol. The molecule has 1 heterocycles. The van der Waals surface area contributed by atoms with Crippen LogP contribution in [0.2, 0.25) is 0 Å². The van der Waals surface area contributed by atoms with Gasteiger partial charge >= 0.3 is 12.1 Å². The lowest BCUT2D eigenvalue weighted by Crippen LogP contribution is -2.30. The fourth-order valence-corrected chi connectivity index (χ4v) is 4.36. The molecule has 0 fully saturated rings. The zero-order valence-electron chi connectivity index (χ0n) is 16.3. The third-order valence-corrected chi connectivity index (χ3v) is 6.02. The highest BCUT2D eigenvalue weighted by Crippen LogP contribution is 2.42. The largest absolute Gasteiger partial charge is 0.465 e. The lowest BCUT2D eigenvalue weighted by atomic mass is 10.1. The lowest BCUT2D eigenvalue weighted by molar-refractivity contribution is -0.137. The van der Waals surface area contributed by atoms with Gasteiger partial charge < -0.3 is 9.64 Å². The number of benzene rings is 3. The molecule has 1 aliphatic heterocycles. The van der Waals surface area contributed by atoms with E-state index < -0.39 is 17.7 Å². The molecule has 0 radical (unpaired) electrons. The van der Waals surface area contributed by atoms with Gasteiger partial charge in [-0.2, -0.15) is 13.2 Å². The van der Waals surface area contributed by atoms with Gasteiger partial charge in [-0.3, -0.25) is 4.79 Å². The molecule has 0 N–H and O–H groups in total. The maximum Gasteiger partial charge on any atom is 0.416 e. The Hall–Kier alpha value is -3.26. The molecule has 0 aromatic heterocycles. The minimum atomic E-state index is -4.44. The van der Waals surface area contributed by atoms with Crippen molar-refractivity contribution >= 4 is 29.3 Å². The van der Waals surface area contributed by atoms with Crippen molar-refractivity contribution in [2.75, 3.05) is 12.0 Å². The van der Waals surface area contributed by atoms with Crippen molar-refractivity contribution in [1.29, 1.82) is 0 Å². The maximum absolute atomic E-state index is 13.4. The van der Waals surface area contributed by atoms with Crippen molar-refractivity contribution < 1.29 is 27.5 Å². The monoisotopic (exact) mass is 443 g/mol. The second-order valence-electron chi connectivity index (χ2n) is 6.86. The normalized spacial score (nSPS) is 13.3. The van der Waals surface area contributed by atoms with Gasteiger partial charge in [0.15, 0.2) is 0 Å². The number of ether oxygens (including phenoxy) is 1. The van der Waals surface area contributed by atoms with E-state index in [4.69, 9.17) is 4.74 Å². The third-order valence-electron chi connectivity index (χ3n) is 4.88. The summed E-state index contributed by atoms with van der Waals surface area (Å²) in [5.41, 5.74) is 1.02. The molecular formula is C23H16F3NO3S. The molecule has 158 valence electrons. The van der Waals surface area contributed by atoms with Gasteiger partial charge in [0.05, 0.1) is 36.0 Å². The predicted molar refractivity (Wildman–Crippen MR) is 110 cm³/mol. The highest BCUT2D eigenvalue weighted by molar-refractivity contribution is 7.99. The van der Waals surface area contributed by atoms with Crippen molar-refractivity contribution in [3.05, 3.63) is 89.0 Å². The molecule has 0 saturated carbocycles. The zero-order valence-corrected chi connectivity index (χ0v) is 17.1. The summed E-state index contributed by atoms with van der Waals surface area (Å²) in [7, 11) is 1.27. The fraction of sp³-hybridized carbons (Fsp3) is 0.130. The van der Waals surface area contributed by atoms with E-state index in [0.717, 1.165) is 21.9 Å². The number of carbonyl (C=O) groups is 2. The van der Waals surface area contributed by atoms with E-state index in [1.807, 2.05) is 12.1 Å². The summed E-state index contributed by atoms with van der Waals surface area (Å²) in [4.78, 5) is 28.4. The minimum absolute atomic E-state index is 0.0451. The summed E-state index contributed by atoms with van der Waals surface area (Å²) in [6.45, 7) is 0.0451. The Bertz CT molecular complexity index is 1160. The van der Waals surface area contributed by atoms with Crippen LogP contribution in [0.15, 0.2) is 76.5 Å². The Labute approximate surface area is 180 Å². The summed E-state index contributed by atoms with van der Waals surface area (Å²) >= 11 is 1.39. The standard InChI is InChI=1S/C23H16F3NO3S/c1-30-22(29)15-8-11-20-18(12-15)27(21(28)17-4-2-3-5-19(17)31-20)13-14-6-9-16(10-7-14)23(24,25)26/h2-12H,13H2,1H3. The van der Waals surface area contributed by atoms with Crippen molar-refractivity contribution in [1.82, 2.24) is 0 Å². The zero-order chi connectivity index (χ0) is 22.2. The first-order valence-electron chi connectivity index (χ1n) is 9.25. The van der Waals surface area contributed by atoms with Gasteiger partial charge in [0, 0.05) is 9.79 Å². The fourth-order valence-electron chi connectivity index (χ4n) is 3.30. The summed E-state index contributed by atoms with van der Waals surface area (Å²) in [5, 5.41) is 0. The molecule has 31 heavy (non-hydrogen) atoms. The van der Waals surface area contributed by atoms with Gasteiger partial charge in [-0.25, -0.2) is 4.79 Å². The Morgan fingerprint density at radius 2 is 1.71 bits per heavy atom. The summed E-state index contributed by atoms with van der Waals surface area (Å²) in [5.74, 6) is -0.847. The number of amides is 1. The Morgan fingerprint density at radius 3 is 2.39 bits per heavy atom. The van der Waals surface area contributed by atoms with E-state index in [1.165, 1.54) is 35.9 Å². The Morgan fingerprint density at radius 1 is 1.00 bits per heavy atom. The molecule has 0 aliphatic carbocycles. The molecule has 0 atom stereocenters. The molecule has 0 unspecified atom stereocenters. The average Bonchev–Trinajstić information content (AvgIpc) is 2.87. The van der Waals surface area contributed by atoms with Crippen molar-refractivity contribution in [2.24, 2.45) is 0 Å². The molecule has 0 bridgehead atoms.